The Balaban J connectivity index is 0.00000128. The van der Waals surface area contributed by atoms with Gasteiger partial charge in [0.25, 0.3) is 0 Å². The summed E-state index contributed by atoms with van der Waals surface area (Å²) in [5, 5.41) is 1.00. The van der Waals surface area contributed by atoms with Gasteiger partial charge in [-0.05, 0) is 18.2 Å². The van der Waals surface area contributed by atoms with Gasteiger partial charge >= 0.3 is 37.4 Å². The zero-order valence-corrected chi connectivity index (χ0v) is 9.00. The van der Waals surface area contributed by atoms with Crippen molar-refractivity contribution in [3.8, 4) is 5.75 Å². The summed E-state index contributed by atoms with van der Waals surface area (Å²) in [6, 6.07) is 4.93. The average molecular weight is 272 g/mol. The van der Waals surface area contributed by atoms with Crippen LogP contribution < -0.4 is 4.52 Å². The standard InChI is InChI=1S/C8H7ClNO4P.Na.H/c9-5-1-2-7-6(3-5)8(4-10-7)14-15(11,12)13;;/h1-4,10H,(H2,11,12,13);;. The molecule has 0 saturated heterocycles. The Morgan fingerprint density at radius 1 is 1.38 bits per heavy atom. The maximum atomic E-state index is 10.7. The van der Waals surface area contributed by atoms with Crippen LogP contribution in [-0.2, 0) is 4.57 Å². The van der Waals surface area contributed by atoms with Crippen LogP contribution in [0.15, 0.2) is 24.4 Å². The maximum absolute atomic E-state index is 10.7. The SMILES string of the molecule is O=P(O)(O)Oc1c[nH]c2ccc(Cl)cc12.[NaH]. The predicted molar refractivity (Wildman–Crippen MR) is 63.1 cm³/mol. The third kappa shape index (κ3) is 3.25. The van der Waals surface area contributed by atoms with Gasteiger partial charge in [-0.1, -0.05) is 11.6 Å². The van der Waals surface area contributed by atoms with E-state index in [1.54, 1.807) is 18.2 Å². The molecule has 2 aromatic rings. The van der Waals surface area contributed by atoms with E-state index in [1.165, 1.54) is 6.20 Å². The number of H-pyrrole nitrogens is 1. The van der Waals surface area contributed by atoms with Gasteiger partial charge in [-0.25, -0.2) is 4.57 Å². The van der Waals surface area contributed by atoms with E-state index >= 15 is 0 Å². The molecule has 1 aromatic heterocycles. The van der Waals surface area contributed by atoms with Gasteiger partial charge in [-0.15, -0.1) is 0 Å². The predicted octanol–water partition coefficient (Wildman–Crippen LogP) is 1.64. The zero-order chi connectivity index (χ0) is 11.1. The normalized spacial score (nSPS) is 11.2. The summed E-state index contributed by atoms with van der Waals surface area (Å²) in [6.07, 6.45) is 1.38. The Labute approximate surface area is 118 Å². The molecule has 16 heavy (non-hydrogen) atoms. The molecule has 8 heteroatoms. The van der Waals surface area contributed by atoms with Crippen molar-refractivity contribution in [3.05, 3.63) is 29.4 Å². The van der Waals surface area contributed by atoms with Crippen molar-refractivity contribution in [1.29, 1.82) is 0 Å². The molecule has 1 aromatic carbocycles. The van der Waals surface area contributed by atoms with Gasteiger partial charge in [0.15, 0.2) is 5.75 Å². The number of hydrogen-bond donors (Lipinski definition) is 3. The summed E-state index contributed by atoms with van der Waals surface area (Å²) in [7, 11) is -4.54. The molecule has 0 saturated carbocycles. The van der Waals surface area contributed by atoms with Crippen LogP contribution in [0.5, 0.6) is 5.75 Å². The van der Waals surface area contributed by atoms with Crippen LogP contribution in [0.25, 0.3) is 10.9 Å². The number of aromatic amines is 1. The van der Waals surface area contributed by atoms with Gasteiger partial charge < -0.3 is 9.51 Å². The number of nitrogens with one attached hydrogen (secondary N) is 1. The van der Waals surface area contributed by atoms with Crippen LogP contribution in [0.2, 0.25) is 5.02 Å². The van der Waals surface area contributed by atoms with Crippen LogP contribution in [-0.4, -0.2) is 44.3 Å². The third-order valence-electron chi connectivity index (χ3n) is 1.82. The van der Waals surface area contributed by atoms with Crippen LogP contribution in [0.1, 0.15) is 0 Å². The van der Waals surface area contributed by atoms with Crippen molar-refractivity contribution in [2.45, 2.75) is 0 Å². The quantitative estimate of drug-likeness (QED) is 0.573. The fourth-order valence-electron chi connectivity index (χ4n) is 1.27. The molecule has 2 rings (SSSR count). The Morgan fingerprint density at radius 3 is 2.69 bits per heavy atom. The van der Waals surface area contributed by atoms with E-state index in [-0.39, 0.29) is 35.3 Å². The Morgan fingerprint density at radius 2 is 2.06 bits per heavy atom. The van der Waals surface area contributed by atoms with Crippen LogP contribution in [0.4, 0.5) is 0 Å². The van der Waals surface area contributed by atoms with Crippen molar-refractivity contribution in [2.24, 2.45) is 0 Å². The molecule has 0 radical (unpaired) electrons. The fraction of sp³-hybridized carbons (Fsp3) is 0. The first-order valence-corrected chi connectivity index (χ1v) is 5.88. The molecule has 0 amide bonds. The Hall–Kier alpha value is 0. The molecule has 0 atom stereocenters. The number of phosphoric ester groups is 1. The number of halogens is 1. The second kappa shape index (κ2) is 5.10. The fourth-order valence-corrected chi connectivity index (χ4v) is 1.85. The molecule has 5 nitrogen and oxygen atoms in total. The molecule has 82 valence electrons. The van der Waals surface area contributed by atoms with E-state index in [0.717, 1.165) is 0 Å². The number of fused-ring (bicyclic) bond motifs is 1. The minimum absolute atomic E-state index is 0. The summed E-state index contributed by atoms with van der Waals surface area (Å²) in [4.78, 5) is 20.1. The van der Waals surface area contributed by atoms with E-state index in [0.29, 0.717) is 15.9 Å². The van der Waals surface area contributed by atoms with Crippen LogP contribution in [0.3, 0.4) is 0 Å². The number of hydrogen-bond acceptors (Lipinski definition) is 2. The van der Waals surface area contributed by atoms with E-state index in [4.69, 9.17) is 21.4 Å². The first kappa shape index (κ1) is 14.1. The van der Waals surface area contributed by atoms with Gasteiger partial charge in [-0.3, -0.25) is 9.79 Å². The first-order valence-electron chi connectivity index (χ1n) is 3.97. The molecule has 0 unspecified atom stereocenters. The molecule has 0 aliphatic carbocycles. The van der Waals surface area contributed by atoms with Gasteiger partial charge in [0.2, 0.25) is 0 Å². The zero-order valence-electron chi connectivity index (χ0n) is 7.35. The van der Waals surface area contributed by atoms with E-state index < -0.39 is 7.82 Å². The second-order valence-electron chi connectivity index (χ2n) is 2.92. The number of rotatable bonds is 2. The second-order valence-corrected chi connectivity index (χ2v) is 4.52. The molecule has 1 heterocycles. The third-order valence-corrected chi connectivity index (χ3v) is 2.49. The number of phosphoric acid groups is 1. The van der Waals surface area contributed by atoms with E-state index in [2.05, 4.69) is 9.51 Å². The molecule has 0 aliphatic rings. The van der Waals surface area contributed by atoms with Gasteiger partial charge in [-0.2, -0.15) is 0 Å². The molecular weight excluding hydrogens is 264 g/mol. The summed E-state index contributed by atoms with van der Waals surface area (Å²) >= 11 is 5.76. The first-order chi connectivity index (χ1) is 6.96. The van der Waals surface area contributed by atoms with Crippen LogP contribution in [0, 0.1) is 0 Å². The molecular formula is C8H8ClNNaO4P. The monoisotopic (exact) mass is 271 g/mol. The van der Waals surface area contributed by atoms with E-state index in [1.807, 2.05) is 0 Å². The van der Waals surface area contributed by atoms with Crippen molar-refractivity contribution >= 4 is 59.9 Å². The van der Waals surface area contributed by atoms with Crippen molar-refractivity contribution in [1.82, 2.24) is 4.98 Å². The molecule has 0 aliphatic heterocycles. The Kier molecular flexibility index (Phi) is 4.49. The number of benzene rings is 1. The van der Waals surface area contributed by atoms with Crippen molar-refractivity contribution in [2.75, 3.05) is 0 Å². The summed E-state index contributed by atoms with van der Waals surface area (Å²) in [5.74, 6) is 0.0841. The van der Waals surface area contributed by atoms with E-state index in [9.17, 15) is 4.57 Å². The van der Waals surface area contributed by atoms with Gasteiger partial charge in [0.05, 0.1) is 0 Å². The number of aromatic nitrogens is 1. The topological polar surface area (TPSA) is 82.6 Å². The van der Waals surface area contributed by atoms with Crippen LogP contribution >= 0.6 is 19.4 Å². The summed E-state index contributed by atoms with van der Waals surface area (Å²) < 4.78 is 15.1. The molecule has 0 fully saturated rings. The average Bonchev–Trinajstić information content (AvgIpc) is 2.46. The Bertz CT molecular complexity index is 552. The molecule has 3 N–H and O–H groups in total. The minimum atomic E-state index is -4.54. The van der Waals surface area contributed by atoms with Gasteiger partial charge in [0, 0.05) is 22.1 Å². The summed E-state index contributed by atoms with van der Waals surface area (Å²) in [5.41, 5.74) is 0.697. The van der Waals surface area contributed by atoms with Crippen molar-refractivity contribution < 1.29 is 18.9 Å². The van der Waals surface area contributed by atoms with Gasteiger partial charge in [0.1, 0.15) is 0 Å². The van der Waals surface area contributed by atoms with Crippen molar-refractivity contribution in [3.63, 3.8) is 0 Å². The molecule has 0 spiro atoms. The molecule has 0 bridgehead atoms. The summed E-state index contributed by atoms with van der Waals surface area (Å²) in [6.45, 7) is 0.